The first kappa shape index (κ1) is 13.4. The van der Waals surface area contributed by atoms with Gasteiger partial charge in [0.05, 0.1) is 35.4 Å². The second kappa shape index (κ2) is 5.20. The standard InChI is InChI=1S/C18H12N4O/c19-8-14-6-12-2-1-3-16(12)18(21-11-23)17(14)13-4-5-22-10-20-9-15(22)7-13/h4-7,9-10H,1-3H2. The molecule has 1 aliphatic rings. The highest BCUT2D eigenvalue weighted by molar-refractivity contribution is 5.87. The third-order valence-corrected chi connectivity index (χ3v) is 4.35. The smallest absolute Gasteiger partial charge is 0.240 e. The number of fused-ring (bicyclic) bond motifs is 2. The number of aromatic nitrogens is 2. The van der Waals surface area contributed by atoms with E-state index in [9.17, 15) is 10.1 Å². The fourth-order valence-electron chi connectivity index (χ4n) is 3.35. The zero-order valence-electron chi connectivity index (χ0n) is 12.3. The van der Waals surface area contributed by atoms with Crippen LogP contribution in [-0.4, -0.2) is 15.5 Å². The van der Waals surface area contributed by atoms with Gasteiger partial charge >= 0.3 is 0 Å². The van der Waals surface area contributed by atoms with Crippen molar-refractivity contribution in [3.05, 3.63) is 53.6 Å². The van der Waals surface area contributed by atoms with Crippen LogP contribution in [0, 0.1) is 11.3 Å². The maximum Gasteiger partial charge on any atom is 0.240 e. The maximum atomic E-state index is 10.9. The van der Waals surface area contributed by atoms with Gasteiger partial charge in [0.2, 0.25) is 6.08 Å². The molecule has 0 saturated carbocycles. The molecule has 0 N–H and O–H groups in total. The van der Waals surface area contributed by atoms with Gasteiger partial charge in [-0.15, -0.1) is 0 Å². The van der Waals surface area contributed by atoms with E-state index < -0.39 is 0 Å². The molecule has 2 aromatic heterocycles. The van der Waals surface area contributed by atoms with E-state index in [4.69, 9.17) is 0 Å². The van der Waals surface area contributed by atoms with E-state index in [0.29, 0.717) is 16.8 Å². The third kappa shape index (κ3) is 2.05. The molecule has 1 aromatic carbocycles. The Morgan fingerprint density at radius 2 is 2.22 bits per heavy atom. The van der Waals surface area contributed by atoms with Gasteiger partial charge in [0.1, 0.15) is 0 Å². The molecule has 5 heteroatoms. The molecule has 4 rings (SSSR count). The van der Waals surface area contributed by atoms with Crippen LogP contribution >= 0.6 is 0 Å². The number of aliphatic imine (C=N–C) groups is 1. The molecule has 5 nitrogen and oxygen atoms in total. The Kier molecular flexibility index (Phi) is 3.04. The number of benzene rings is 1. The van der Waals surface area contributed by atoms with Crippen LogP contribution in [0.4, 0.5) is 5.69 Å². The normalized spacial score (nSPS) is 12.7. The van der Waals surface area contributed by atoms with E-state index in [2.05, 4.69) is 16.0 Å². The molecule has 0 atom stereocenters. The third-order valence-electron chi connectivity index (χ3n) is 4.35. The Morgan fingerprint density at radius 3 is 3.04 bits per heavy atom. The molecule has 0 unspecified atom stereocenters. The number of hydrogen-bond donors (Lipinski definition) is 0. The molecule has 23 heavy (non-hydrogen) atoms. The summed E-state index contributed by atoms with van der Waals surface area (Å²) in [6, 6.07) is 8.05. The monoisotopic (exact) mass is 300 g/mol. The summed E-state index contributed by atoms with van der Waals surface area (Å²) in [5.74, 6) is 0. The Balaban J connectivity index is 2.06. The number of nitriles is 1. The summed E-state index contributed by atoms with van der Waals surface area (Å²) in [5, 5.41) is 9.57. The van der Waals surface area contributed by atoms with Gasteiger partial charge in [-0.25, -0.2) is 9.78 Å². The van der Waals surface area contributed by atoms with Gasteiger partial charge in [-0.3, -0.25) is 0 Å². The predicted molar refractivity (Wildman–Crippen MR) is 85.1 cm³/mol. The summed E-state index contributed by atoms with van der Waals surface area (Å²) in [6.45, 7) is 0. The average molecular weight is 300 g/mol. The summed E-state index contributed by atoms with van der Waals surface area (Å²) >= 11 is 0. The van der Waals surface area contributed by atoms with E-state index in [-0.39, 0.29) is 0 Å². The van der Waals surface area contributed by atoms with E-state index in [1.54, 1.807) is 18.6 Å². The fraction of sp³-hybridized carbons (Fsp3) is 0.167. The molecular formula is C18H12N4O. The molecule has 3 aromatic rings. The van der Waals surface area contributed by atoms with E-state index in [0.717, 1.165) is 41.5 Å². The van der Waals surface area contributed by atoms with Crippen molar-refractivity contribution in [2.75, 3.05) is 0 Å². The molecule has 0 saturated heterocycles. The van der Waals surface area contributed by atoms with Gasteiger partial charge in [-0.05, 0) is 54.2 Å². The van der Waals surface area contributed by atoms with Crippen LogP contribution in [0.3, 0.4) is 0 Å². The van der Waals surface area contributed by atoms with Crippen molar-refractivity contribution in [2.24, 2.45) is 4.99 Å². The van der Waals surface area contributed by atoms with Crippen molar-refractivity contribution < 1.29 is 4.79 Å². The molecule has 110 valence electrons. The Bertz CT molecular complexity index is 1020. The quantitative estimate of drug-likeness (QED) is 0.538. The van der Waals surface area contributed by atoms with Crippen molar-refractivity contribution >= 4 is 17.3 Å². The maximum absolute atomic E-state index is 10.9. The van der Waals surface area contributed by atoms with Gasteiger partial charge in [0.15, 0.2) is 0 Å². The van der Waals surface area contributed by atoms with Crippen molar-refractivity contribution in [2.45, 2.75) is 19.3 Å². The van der Waals surface area contributed by atoms with Gasteiger partial charge in [-0.2, -0.15) is 10.3 Å². The topological polar surface area (TPSA) is 70.5 Å². The lowest BCUT2D eigenvalue weighted by Gasteiger charge is -2.13. The molecule has 0 aliphatic heterocycles. The van der Waals surface area contributed by atoms with Crippen molar-refractivity contribution in [3.63, 3.8) is 0 Å². The van der Waals surface area contributed by atoms with Crippen LogP contribution in [0.5, 0.6) is 0 Å². The number of rotatable bonds is 2. The largest absolute Gasteiger partial charge is 0.306 e. The lowest BCUT2D eigenvalue weighted by molar-refractivity contribution is 0.565. The lowest BCUT2D eigenvalue weighted by atomic mass is 9.93. The Hall–Kier alpha value is -3.22. The van der Waals surface area contributed by atoms with Crippen LogP contribution in [-0.2, 0) is 17.6 Å². The van der Waals surface area contributed by atoms with E-state index >= 15 is 0 Å². The minimum Gasteiger partial charge on any atom is -0.306 e. The summed E-state index contributed by atoms with van der Waals surface area (Å²) in [7, 11) is 0. The average Bonchev–Trinajstić information content (AvgIpc) is 3.22. The zero-order chi connectivity index (χ0) is 15.8. The summed E-state index contributed by atoms with van der Waals surface area (Å²) in [6.07, 6.45) is 9.84. The summed E-state index contributed by atoms with van der Waals surface area (Å²) < 4.78 is 1.89. The molecular weight excluding hydrogens is 288 g/mol. The van der Waals surface area contributed by atoms with E-state index in [1.807, 2.05) is 28.8 Å². The molecule has 0 bridgehead atoms. The van der Waals surface area contributed by atoms with Crippen molar-refractivity contribution in [3.8, 4) is 17.2 Å². The second-order valence-electron chi connectivity index (χ2n) is 5.60. The summed E-state index contributed by atoms with van der Waals surface area (Å²) in [4.78, 5) is 19.0. The number of carbonyl (C=O) groups excluding carboxylic acids is 1. The van der Waals surface area contributed by atoms with E-state index in [1.165, 1.54) is 0 Å². The van der Waals surface area contributed by atoms with Crippen LogP contribution in [0.25, 0.3) is 16.6 Å². The van der Waals surface area contributed by atoms with Gasteiger partial charge < -0.3 is 4.40 Å². The molecule has 2 heterocycles. The van der Waals surface area contributed by atoms with Crippen molar-refractivity contribution in [1.82, 2.24) is 9.38 Å². The first-order valence-electron chi connectivity index (χ1n) is 7.40. The number of pyridine rings is 1. The SMILES string of the molecule is N#Cc1cc2c(c(N=C=O)c1-c1ccn3cncc3c1)CCC2. The predicted octanol–water partition coefficient (Wildman–Crippen LogP) is 3.33. The number of nitrogens with zero attached hydrogens (tertiary/aromatic N) is 4. The zero-order valence-corrected chi connectivity index (χ0v) is 12.3. The van der Waals surface area contributed by atoms with Gasteiger partial charge in [-0.1, -0.05) is 0 Å². The van der Waals surface area contributed by atoms with Crippen LogP contribution < -0.4 is 0 Å². The Morgan fingerprint density at radius 1 is 1.30 bits per heavy atom. The molecule has 0 fully saturated rings. The Labute approximate surface area is 132 Å². The highest BCUT2D eigenvalue weighted by Crippen LogP contribution is 2.41. The van der Waals surface area contributed by atoms with Crippen LogP contribution in [0.2, 0.25) is 0 Å². The second-order valence-corrected chi connectivity index (χ2v) is 5.60. The van der Waals surface area contributed by atoms with Crippen molar-refractivity contribution in [1.29, 1.82) is 5.26 Å². The van der Waals surface area contributed by atoms with Crippen LogP contribution in [0.1, 0.15) is 23.1 Å². The minimum absolute atomic E-state index is 0.545. The highest BCUT2D eigenvalue weighted by Gasteiger charge is 2.22. The minimum atomic E-state index is 0.545. The number of imidazole rings is 1. The lowest BCUT2D eigenvalue weighted by Crippen LogP contribution is -1.94. The van der Waals surface area contributed by atoms with Gasteiger partial charge in [0.25, 0.3) is 0 Å². The molecule has 0 amide bonds. The molecule has 1 aliphatic carbocycles. The summed E-state index contributed by atoms with van der Waals surface area (Å²) in [5.41, 5.74) is 5.81. The number of aryl methyl sites for hydroxylation is 1. The number of isocyanates is 1. The van der Waals surface area contributed by atoms with Crippen LogP contribution in [0.15, 0.2) is 41.9 Å². The highest BCUT2D eigenvalue weighted by atomic mass is 16.1. The number of hydrogen-bond acceptors (Lipinski definition) is 4. The molecule has 0 spiro atoms. The first-order chi connectivity index (χ1) is 11.3. The molecule has 0 radical (unpaired) electrons. The van der Waals surface area contributed by atoms with Gasteiger partial charge in [0, 0.05) is 11.8 Å². The fourth-order valence-corrected chi connectivity index (χ4v) is 3.35. The first-order valence-corrected chi connectivity index (χ1v) is 7.40.